The predicted octanol–water partition coefficient (Wildman–Crippen LogP) is 0.751. The topological polar surface area (TPSA) is 65.0 Å². The number of methoxy groups -OCH3 is 1. The van der Waals surface area contributed by atoms with Gasteiger partial charge in [0.2, 0.25) is 0 Å². The highest BCUT2D eigenvalue weighted by atomic mass is 32.2. The first-order valence-corrected chi connectivity index (χ1v) is 5.15. The van der Waals surface area contributed by atoms with Gasteiger partial charge in [0.1, 0.15) is 5.75 Å². The minimum atomic E-state index is -3.79. The molecule has 0 fully saturated rings. The number of nitrogens with zero attached hydrogens (tertiary/aromatic N) is 1. The van der Waals surface area contributed by atoms with E-state index in [0.717, 1.165) is 0 Å². The van der Waals surface area contributed by atoms with Gasteiger partial charge in [0.15, 0.2) is 5.75 Å². The summed E-state index contributed by atoms with van der Waals surface area (Å²) in [5, 5.41) is 0. The van der Waals surface area contributed by atoms with Gasteiger partial charge in [-0.2, -0.15) is 8.42 Å². The maximum Gasteiger partial charge on any atom is 0.428 e. The Morgan fingerprint density at radius 1 is 1.43 bits per heavy atom. The molecule has 0 N–H and O–H groups in total. The number of fused-ring (bicyclic) bond motifs is 1. The SMILES string of the molecule is COc1ccc2c(c1)C=NS(=O)(=O)O2. The van der Waals surface area contributed by atoms with E-state index in [4.69, 9.17) is 4.74 Å². The first kappa shape index (κ1) is 9.01. The van der Waals surface area contributed by atoms with Crippen LogP contribution in [0.1, 0.15) is 5.56 Å². The van der Waals surface area contributed by atoms with Gasteiger partial charge in [-0.25, -0.2) is 0 Å². The van der Waals surface area contributed by atoms with E-state index in [1.54, 1.807) is 12.1 Å². The molecule has 1 heterocycles. The monoisotopic (exact) mass is 213 g/mol. The van der Waals surface area contributed by atoms with Crippen LogP contribution in [0.3, 0.4) is 0 Å². The van der Waals surface area contributed by atoms with Crippen molar-refractivity contribution in [1.29, 1.82) is 0 Å². The molecule has 0 amide bonds. The van der Waals surface area contributed by atoms with Gasteiger partial charge in [-0.3, -0.25) is 0 Å². The first-order valence-electron chi connectivity index (χ1n) is 3.78. The zero-order chi connectivity index (χ0) is 10.2. The standard InChI is InChI=1S/C8H7NO4S/c1-12-7-2-3-8-6(4-7)5-9-14(10,11)13-8/h2-5H,1H3. The Hall–Kier alpha value is -1.56. The quantitative estimate of drug-likeness (QED) is 0.690. The molecule has 0 unspecified atom stereocenters. The van der Waals surface area contributed by atoms with Crippen LogP contribution >= 0.6 is 0 Å². The molecule has 0 spiro atoms. The second kappa shape index (κ2) is 2.98. The molecule has 0 bridgehead atoms. The second-order valence-electron chi connectivity index (χ2n) is 2.65. The highest BCUT2D eigenvalue weighted by molar-refractivity contribution is 7.86. The lowest BCUT2D eigenvalue weighted by Crippen LogP contribution is -2.12. The molecular formula is C8H7NO4S. The van der Waals surface area contributed by atoms with Crippen molar-refractivity contribution in [3.05, 3.63) is 23.8 Å². The van der Waals surface area contributed by atoms with Gasteiger partial charge in [0.25, 0.3) is 0 Å². The molecule has 0 aromatic heterocycles. The van der Waals surface area contributed by atoms with Gasteiger partial charge >= 0.3 is 10.3 Å². The fraction of sp³-hybridized carbons (Fsp3) is 0.125. The number of benzene rings is 1. The molecule has 1 aromatic rings. The zero-order valence-electron chi connectivity index (χ0n) is 7.30. The molecule has 0 atom stereocenters. The molecule has 5 nitrogen and oxygen atoms in total. The summed E-state index contributed by atoms with van der Waals surface area (Å²) >= 11 is 0. The summed E-state index contributed by atoms with van der Waals surface area (Å²) in [4.78, 5) is 0. The summed E-state index contributed by atoms with van der Waals surface area (Å²) in [6.07, 6.45) is 1.23. The van der Waals surface area contributed by atoms with Crippen LogP contribution in [-0.4, -0.2) is 21.7 Å². The summed E-state index contributed by atoms with van der Waals surface area (Å²) in [5.41, 5.74) is 0.583. The summed E-state index contributed by atoms with van der Waals surface area (Å²) in [7, 11) is -2.26. The number of hydrogen-bond donors (Lipinski definition) is 0. The molecule has 1 aliphatic rings. The molecular weight excluding hydrogens is 206 g/mol. The minimum Gasteiger partial charge on any atom is -0.497 e. The lowest BCUT2D eigenvalue weighted by molar-refractivity contribution is 0.413. The van der Waals surface area contributed by atoms with Gasteiger partial charge in [-0.05, 0) is 18.2 Å². The fourth-order valence-corrected chi connectivity index (χ4v) is 1.75. The number of hydrogen-bond acceptors (Lipinski definition) is 4. The van der Waals surface area contributed by atoms with Crippen LogP contribution in [0.2, 0.25) is 0 Å². The van der Waals surface area contributed by atoms with E-state index in [9.17, 15) is 8.42 Å². The fourth-order valence-electron chi connectivity index (χ4n) is 1.09. The Kier molecular flexibility index (Phi) is 1.92. The third-order valence-corrected chi connectivity index (χ3v) is 2.49. The average Bonchev–Trinajstić information content (AvgIpc) is 2.16. The van der Waals surface area contributed by atoms with Gasteiger partial charge < -0.3 is 8.92 Å². The second-order valence-corrected chi connectivity index (χ2v) is 3.88. The highest BCUT2D eigenvalue weighted by Crippen LogP contribution is 2.26. The van der Waals surface area contributed by atoms with Crippen molar-refractivity contribution >= 4 is 16.5 Å². The van der Waals surface area contributed by atoms with Crippen molar-refractivity contribution in [3.63, 3.8) is 0 Å². The summed E-state index contributed by atoms with van der Waals surface area (Å²) in [6, 6.07) is 4.79. The van der Waals surface area contributed by atoms with E-state index in [-0.39, 0.29) is 5.75 Å². The van der Waals surface area contributed by atoms with E-state index in [0.29, 0.717) is 11.3 Å². The number of ether oxygens (including phenoxy) is 1. The van der Waals surface area contributed by atoms with Gasteiger partial charge in [-0.1, -0.05) is 0 Å². The Bertz CT molecular complexity index is 492. The highest BCUT2D eigenvalue weighted by Gasteiger charge is 2.18. The zero-order valence-corrected chi connectivity index (χ0v) is 8.11. The lowest BCUT2D eigenvalue weighted by Gasteiger charge is -2.11. The normalized spacial score (nSPS) is 16.9. The molecule has 0 saturated carbocycles. The third kappa shape index (κ3) is 1.56. The summed E-state index contributed by atoms with van der Waals surface area (Å²) in [5.74, 6) is 0.888. The van der Waals surface area contributed by atoms with Gasteiger partial charge in [0.05, 0.1) is 13.3 Å². The van der Waals surface area contributed by atoms with Crippen LogP contribution in [0, 0.1) is 0 Å². The Labute approximate surface area is 81.2 Å². The van der Waals surface area contributed by atoms with Crippen LogP contribution in [0.15, 0.2) is 22.6 Å². The Morgan fingerprint density at radius 2 is 2.21 bits per heavy atom. The van der Waals surface area contributed by atoms with Crippen molar-refractivity contribution in [1.82, 2.24) is 0 Å². The predicted molar refractivity (Wildman–Crippen MR) is 50.1 cm³/mol. The van der Waals surface area contributed by atoms with Crippen molar-refractivity contribution < 1.29 is 17.3 Å². The van der Waals surface area contributed by atoms with Crippen molar-refractivity contribution in [2.45, 2.75) is 0 Å². The molecule has 74 valence electrons. The van der Waals surface area contributed by atoms with Crippen LogP contribution in [-0.2, 0) is 10.3 Å². The maximum absolute atomic E-state index is 10.9. The van der Waals surface area contributed by atoms with E-state index in [2.05, 4.69) is 8.58 Å². The van der Waals surface area contributed by atoms with Crippen LogP contribution in [0.5, 0.6) is 11.5 Å². The molecule has 0 aliphatic carbocycles. The van der Waals surface area contributed by atoms with Crippen LogP contribution < -0.4 is 8.92 Å². The van der Waals surface area contributed by atoms with Gasteiger partial charge in [-0.15, -0.1) is 4.40 Å². The smallest absolute Gasteiger partial charge is 0.428 e. The molecule has 1 aromatic carbocycles. The van der Waals surface area contributed by atoms with Crippen molar-refractivity contribution in [3.8, 4) is 11.5 Å². The van der Waals surface area contributed by atoms with E-state index in [1.165, 1.54) is 19.4 Å². The molecule has 2 rings (SSSR count). The Morgan fingerprint density at radius 3 is 2.93 bits per heavy atom. The number of rotatable bonds is 1. The molecule has 1 aliphatic heterocycles. The molecule has 0 saturated heterocycles. The molecule has 14 heavy (non-hydrogen) atoms. The van der Waals surface area contributed by atoms with E-state index >= 15 is 0 Å². The average molecular weight is 213 g/mol. The first-order chi connectivity index (χ1) is 6.61. The van der Waals surface area contributed by atoms with Gasteiger partial charge in [0, 0.05) is 5.56 Å². The summed E-state index contributed by atoms with van der Waals surface area (Å²) < 4.78 is 34.7. The lowest BCUT2D eigenvalue weighted by atomic mass is 10.2. The van der Waals surface area contributed by atoms with Crippen LogP contribution in [0.25, 0.3) is 0 Å². The molecule has 6 heteroatoms. The van der Waals surface area contributed by atoms with E-state index in [1.807, 2.05) is 0 Å². The third-order valence-electron chi connectivity index (χ3n) is 1.73. The largest absolute Gasteiger partial charge is 0.497 e. The van der Waals surface area contributed by atoms with E-state index < -0.39 is 10.3 Å². The summed E-state index contributed by atoms with van der Waals surface area (Å²) in [6.45, 7) is 0. The maximum atomic E-state index is 10.9. The van der Waals surface area contributed by atoms with Crippen molar-refractivity contribution in [2.75, 3.05) is 7.11 Å². The molecule has 0 radical (unpaired) electrons. The van der Waals surface area contributed by atoms with Crippen LogP contribution in [0.4, 0.5) is 0 Å². The Balaban J connectivity index is 2.51. The van der Waals surface area contributed by atoms with Crippen molar-refractivity contribution in [2.24, 2.45) is 4.40 Å². The minimum absolute atomic E-state index is 0.265.